The molecule has 1 fully saturated rings. The first kappa shape index (κ1) is 15.6. The molecule has 1 heterocycles. The summed E-state index contributed by atoms with van der Waals surface area (Å²) in [7, 11) is 0. The van der Waals surface area contributed by atoms with Crippen molar-refractivity contribution < 1.29 is 14.7 Å². The Labute approximate surface area is 127 Å². The van der Waals surface area contributed by atoms with E-state index >= 15 is 0 Å². The molecule has 0 saturated heterocycles. The summed E-state index contributed by atoms with van der Waals surface area (Å²) in [4.78, 5) is 26.7. The molecule has 2 rings (SSSR count). The van der Waals surface area contributed by atoms with Gasteiger partial charge in [0.2, 0.25) is 0 Å². The smallest absolute Gasteiger partial charge is 0.356 e. The molecule has 1 aliphatic rings. The summed E-state index contributed by atoms with van der Waals surface area (Å²) in [5, 5.41) is 14.4. The van der Waals surface area contributed by atoms with Gasteiger partial charge in [0.25, 0.3) is 0 Å². The van der Waals surface area contributed by atoms with Gasteiger partial charge in [0.15, 0.2) is 5.69 Å². The van der Waals surface area contributed by atoms with Crippen molar-refractivity contribution in [1.82, 2.24) is 10.3 Å². The van der Waals surface area contributed by atoms with E-state index in [-0.39, 0.29) is 16.1 Å². The van der Waals surface area contributed by atoms with Crippen LogP contribution in [0.2, 0.25) is 0 Å². The fourth-order valence-corrected chi connectivity index (χ4v) is 3.47. The third-order valence-electron chi connectivity index (χ3n) is 3.78. The first-order valence-corrected chi connectivity index (χ1v) is 8.07. The number of urea groups is 1. The number of rotatable bonds is 5. The number of hydrogen-bond acceptors (Lipinski definition) is 4. The van der Waals surface area contributed by atoms with E-state index in [4.69, 9.17) is 5.11 Å². The van der Waals surface area contributed by atoms with E-state index in [9.17, 15) is 9.59 Å². The lowest BCUT2D eigenvalue weighted by molar-refractivity contribution is 0.0691. The zero-order valence-corrected chi connectivity index (χ0v) is 12.7. The molecule has 3 N–H and O–H groups in total. The molecule has 1 aromatic heterocycles. The quantitative estimate of drug-likeness (QED) is 0.777. The molecule has 6 nitrogen and oxygen atoms in total. The van der Waals surface area contributed by atoms with Gasteiger partial charge in [-0.25, -0.2) is 14.6 Å². The molecule has 0 aromatic carbocycles. The highest BCUT2D eigenvalue weighted by molar-refractivity contribution is 8.00. The zero-order valence-electron chi connectivity index (χ0n) is 11.9. The first-order valence-electron chi connectivity index (χ1n) is 6.85. The Bertz CT molecular complexity index is 530. The lowest BCUT2D eigenvalue weighted by Gasteiger charge is -2.26. The van der Waals surface area contributed by atoms with Crippen molar-refractivity contribution in [1.29, 1.82) is 0 Å². The second kappa shape index (κ2) is 6.80. The number of carbonyl (C=O) groups excluding carboxylic acids is 1. The highest BCUT2D eigenvalue weighted by Crippen LogP contribution is 2.39. The maximum absolute atomic E-state index is 11.9. The SMILES string of the molecule is CSC1(CNC(=O)Nc2cccnc2C(=O)O)CCCC1. The molecule has 0 aliphatic heterocycles. The van der Waals surface area contributed by atoms with Gasteiger partial charge in [0.05, 0.1) is 5.69 Å². The van der Waals surface area contributed by atoms with Crippen LogP contribution in [-0.4, -0.2) is 39.6 Å². The molecule has 7 heteroatoms. The van der Waals surface area contributed by atoms with Gasteiger partial charge in [-0.15, -0.1) is 0 Å². The Morgan fingerprint density at radius 3 is 2.76 bits per heavy atom. The molecule has 114 valence electrons. The van der Waals surface area contributed by atoms with Crippen molar-refractivity contribution in [2.75, 3.05) is 18.1 Å². The average Bonchev–Trinajstić information content (AvgIpc) is 2.95. The molecule has 0 spiro atoms. The van der Waals surface area contributed by atoms with E-state index in [2.05, 4.69) is 21.9 Å². The lowest BCUT2D eigenvalue weighted by Crippen LogP contribution is -2.40. The minimum Gasteiger partial charge on any atom is -0.476 e. The summed E-state index contributed by atoms with van der Waals surface area (Å²) in [6, 6.07) is 2.71. The second-order valence-electron chi connectivity index (χ2n) is 5.11. The molecule has 1 aliphatic carbocycles. The van der Waals surface area contributed by atoms with Gasteiger partial charge in [-0.2, -0.15) is 11.8 Å². The Morgan fingerprint density at radius 2 is 2.14 bits per heavy atom. The fourth-order valence-electron chi connectivity index (χ4n) is 2.56. The summed E-state index contributed by atoms with van der Waals surface area (Å²) in [6.07, 6.45) is 8.03. The van der Waals surface area contributed by atoms with Crippen molar-refractivity contribution in [2.24, 2.45) is 0 Å². The van der Waals surface area contributed by atoms with Gasteiger partial charge in [0.1, 0.15) is 0 Å². The molecule has 21 heavy (non-hydrogen) atoms. The maximum atomic E-state index is 11.9. The van der Waals surface area contributed by atoms with E-state index in [1.165, 1.54) is 25.1 Å². The maximum Gasteiger partial charge on any atom is 0.356 e. The first-order chi connectivity index (χ1) is 10.1. The van der Waals surface area contributed by atoms with Crippen LogP contribution in [0.25, 0.3) is 0 Å². The number of aromatic carboxylic acids is 1. The van der Waals surface area contributed by atoms with E-state index in [0.717, 1.165) is 12.8 Å². The number of aromatic nitrogens is 1. The van der Waals surface area contributed by atoms with Crippen molar-refractivity contribution in [3.63, 3.8) is 0 Å². The number of thioether (sulfide) groups is 1. The highest BCUT2D eigenvalue weighted by Gasteiger charge is 2.33. The van der Waals surface area contributed by atoms with Crippen LogP contribution < -0.4 is 10.6 Å². The van der Waals surface area contributed by atoms with Gasteiger partial charge < -0.3 is 15.7 Å². The summed E-state index contributed by atoms with van der Waals surface area (Å²) < 4.78 is 0.113. The lowest BCUT2D eigenvalue weighted by atomic mass is 10.1. The highest BCUT2D eigenvalue weighted by atomic mass is 32.2. The molecule has 2 amide bonds. The Hall–Kier alpha value is -1.76. The predicted octanol–water partition coefficient (Wildman–Crippen LogP) is 2.58. The molecular formula is C14H19N3O3S. The van der Waals surface area contributed by atoms with Gasteiger partial charge in [0, 0.05) is 17.5 Å². The van der Waals surface area contributed by atoms with Crippen LogP contribution in [0, 0.1) is 0 Å². The van der Waals surface area contributed by atoms with Gasteiger partial charge in [-0.3, -0.25) is 0 Å². The van der Waals surface area contributed by atoms with Gasteiger partial charge in [-0.1, -0.05) is 12.8 Å². The minimum absolute atomic E-state index is 0.113. The standard InChI is InChI=1S/C14H19N3O3S/c1-21-14(6-2-3-7-14)9-16-13(20)17-10-5-4-8-15-11(10)12(18)19/h4-5,8H,2-3,6-7,9H2,1H3,(H,18,19)(H2,16,17,20). The van der Waals surface area contributed by atoms with Crippen LogP contribution in [0.5, 0.6) is 0 Å². The molecule has 0 radical (unpaired) electrons. The Balaban J connectivity index is 1.95. The molecule has 1 aromatic rings. The summed E-state index contributed by atoms with van der Waals surface area (Å²) in [6.45, 7) is 0.586. The van der Waals surface area contributed by atoms with E-state index < -0.39 is 12.0 Å². The van der Waals surface area contributed by atoms with Crippen LogP contribution in [-0.2, 0) is 0 Å². The second-order valence-corrected chi connectivity index (χ2v) is 6.38. The number of anilines is 1. The van der Waals surface area contributed by atoms with Crippen LogP contribution in [0.4, 0.5) is 10.5 Å². The summed E-state index contributed by atoms with van der Waals surface area (Å²) >= 11 is 1.79. The van der Waals surface area contributed by atoms with Crippen LogP contribution in [0.3, 0.4) is 0 Å². The molecule has 1 saturated carbocycles. The average molecular weight is 309 g/mol. The van der Waals surface area contributed by atoms with Crippen molar-refractivity contribution in [2.45, 2.75) is 30.4 Å². The number of nitrogens with one attached hydrogen (secondary N) is 2. The van der Waals surface area contributed by atoms with E-state index in [0.29, 0.717) is 6.54 Å². The minimum atomic E-state index is -1.16. The molecule has 0 unspecified atom stereocenters. The van der Waals surface area contributed by atoms with E-state index in [1.54, 1.807) is 17.8 Å². The van der Waals surface area contributed by atoms with Crippen molar-refractivity contribution in [3.05, 3.63) is 24.0 Å². The largest absolute Gasteiger partial charge is 0.476 e. The van der Waals surface area contributed by atoms with Gasteiger partial charge >= 0.3 is 12.0 Å². The monoisotopic (exact) mass is 309 g/mol. The molecular weight excluding hydrogens is 290 g/mol. The third kappa shape index (κ3) is 3.87. The fraction of sp³-hybridized carbons (Fsp3) is 0.500. The number of carboxylic acid groups (broad SMARTS) is 1. The predicted molar refractivity (Wildman–Crippen MR) is 82.9 cm³/mol. The number of hydrogen-bond donors (Lipinski definition) is 3. The number of amides is 2. The molecule has 0 atom stereocenters. The Morgan fingerprint density at radius 1 is 1.43 bits per heavy atom. The van der Waals surface area contributed by atoms with Crippen molar-refractivity contribution >= 4 is 29.4 Å². The number of pyridine rings is 1. The normalized spacial score (nSPS) is 16.4. The number of nitrogens with zero attached hydrogens (tertiary/aromatic N) is 1. The summed E-state index contributed by atoms with van der Waals surface area (Å²) in [5.41, 5.74) is 0.0419. The topological polar surface area (TPSA) is 91.3 Å². The number of carbonyl (C=O) groups is 2. The number of carboxylic acids is 1. The molecule has 0 bridgehead atoms. The van der Waals surface area contributed by atoms with Crippen LogP contribution >= 0.6 is 11.8 Å². The van der Waals surface area contributed by atoms with Crippen LogP contribution in [0.15, 0.2) is 18.3 Å². The summed E-state index contributed by atoms with van der Waals surface area (Å²) in [5.74, 6) is -1.16. The van der Waals surface area contributed by atoms with Crippen LogP contribution in [0.1, 0.15) is 36.2 Å². The van der Waals surface area contributed by atoms with E-state index in [1.807, 2.05) is 0 Å². The van der Waals surface area contributed by atoms with Crippen molar-refractivity contribution in [3.8, 4) is 0 Å². The Kier molecular flexibility index (Phi) is 5.06. The van der Waals surface area contributed by atoms with Gasteiger partial charge in [-0.05, 0) is 31.2 Å². The third-order valence-corrected chi connectivity index (χ3v) is 5.20. The zero-order chi connectivity index (χ0) is 15.3.